The number of carbonyl (C=O) groups is 2. The van der Waals surface area contributed by atoms with Crippen molar-refractivity contribution in [3.63, 3.8) is 0 Å². The smallest absolute Gasteiger partial charge is 0.258 e. The van der Waals surface area contributed by atoms with Gasteiger partial charge in [-0.1, -0.05) is 13.8 Å². The van der Waals surface area contributed by atoms with Gasteiger partial charge in [-0.2, -0.15) is 0 Å². The summed E-state index contributed by atoms with van der Waals surface area (Å²) >= 11 is 0. The molecule has 136 valence electrons. The van der Waals surface area contributed by atoms with E-state index in [1.807, 2.05) is 6.92 Å². The maximum atomic E-state index is 12.8. The topological polar surface area (TPSA) is 67.4 Å². The molecule has 1 saturated heterocycles. The van der Waals surface area contributed by atoms with E-state index < -0.39 is 0 Å². The molecule has 1 aromatic carbocycles. The van der Waals surface area contributed by atoms with Crippen molar-refractivity contribution in [3.8, 4) is 5.75 Å². The summed E-state index contributed by atoms with van der Waals surface area (Å²) in [6.45, 7) is 4.03. The molecule has 1 aliphatic heterocycles. The van der Waals surface area contributed by atoms with Crippen molar-refractivity contribution in [3.05, 3.63) is 30.1 Å². The molecule has 1 aromatic rings. The number of hydrogen-bond acceptors (Lipinski definition) is 3. The van der Waals surface area contributed by atoms with Gasteiger partial charge in [-0.25, -0.2) is 4.39 Å². The van der Waals surface area contributed by atoms with E-state index in [2.05, 4.69) is 17.6 Å². The van der Waals surface area contributed by atoms with Crippen LogP contribution in [0.2, 0.25) is 0 Å². The van der Waals surface area contributed by atoms with Gasteiger partial charge in [0, 0.05) is 18.0 Å². The van der Waals surface area contributed by atoms with Crippen LogP contribution in [0.25, 0.3) is 0 Å². The van der Waals surface area contributed by atoms with E-state index in [-0.39, 0.29) is 42.2 Å². The lowest BCUT2D eigenvalue weighted by molar-refractivity contribution is -0.132. The Kier molecular flexibility index (Phi) is 5.25. The molecule has 3 rings (SSSR count). The minimum absolute atomic E-state index is 0.0477. The molecule has 1 heterocycles. The lowest BCUT2D eigenvalue weighted by Crippen LogP contribution is -2.57. The summed E-state index contributed by atoms with van der Waals surface area (Å²) in [6.07, 6.45) is 2.67. The van der Waals surface area contributed by atoms with Gasteiger partial charge in [-0.15, -0.1) is 0 Å². The summed E-state index contributed by atoms with van der Waals surface area (Å²) in [6, 6.07) is 5.76. The number of fused-ring (bicyclic) bond motifs is 1. The third kappa shape index (κ3) is 4.11. The van der Waals surface area contributed by atoms with Crippen molar-refractivity contribution < 1.29 is 18.7 Å². The van der Waals surface area contributed by atoms with Crippen LogP contribution in [-0.4, -0.2) is 30.5 Å². The summed E-state index contributed by atoms with van der Waals surface area (Å²) in [5, 5.41) is 6.09. The second-order valence-electron chi connectivity index (χ2n) is 7.25. The molecule has 1 saturated carbocycles. The minimum atomic E-state index is -0.341. The van der Waals surface area contributed by atoms with Crippen molar-refractivity contribution >= 4 is 11.8 Å². The lowest BCUT2D eigenvalue weighted by Gasteiger charge is -2.45. The number of ether oxygens (including phenoxy) is 1. The first kappa shape index (κ1) is 17.7. The molecule has 2 amide bonds. The van der Waals surface area contributed by atoms with Crippen LogP contribution in [0.3, 0.4) is 0 Å². The van der Waals surface area contributed by atoms with E-state index >= 15 is 0 Å². The van der Waals surface area contributed by atoms with Crippen LogP contribution < -0.4 is 15.4 Å². The first-order valence-electron chi connectivity index (χ1n) is 8.92. The van der Waals surface area contributed by atoms with Gasteiger partial charge in [0.15, 0.2) is 6.61 Å². The number of hydrogen-bond donors (Lipinski definition) is 2. The van der Waals surface area contributed by atoms with Crippen LogP contribution in [-0.2, 0) is 9.59 Å². The van der Waals surface area contributed by atoms with Gasteiger partial charge in [0.05, 0.1) is 0 Å². The number of piperidine rings is 1. The summed E-state index contributed by atoms with van der Waals surface area (Å²) < 4.78 is 18.2. The monoisotopic (exact) mass is 348 g/mol. The molecule has 1 aliphatic carbocycles. The number of nitrogens with one attached hydrogen (secondary N) is 2. The maximum absolute atomic E-state index is 12.8. The van der Waals surface area contributed by atoms with Crippen molar-refractivity contribution in [2.24, 2.45) is 17.8 Å². The zero-order chi connectivity index (χ0) is 18.0. The highest BCUT2D eigenvalue weighted by atomic mass is 19.1. The maximum Gasteiger partial charge on any atom is 0.258 e. The zero-order valence-electron chi connectivity index (χ0n) is 14.6. The van der Waals surface area contributed by atoms with Crippen molar-refractivity contribution in [1.82, 2.24) is 10.6 Å². The highest BCUT2D eigenvalue weighted by Gasteiger charge is 2.42. The third-order valence-corrected chi connectivity index (χ3v) is 5.66. The summed E-state index contributed by atoms with van der Waals surface area (Å²) in [7, 11) is 0. The number of benzene rings is 1. The van der Waals surface area contributed by atoms with Crippen LogP contribution in [0.4, 0.5) is 4.39 Å². The van der Waals surface area contributed by atoms with Crippen molar-refractivity contribution in [1.29, 1.82) is 0 Å². The summed E-state index contributed by atoms with van der Waals surface area (Å²) in [5.74, 6) is 0.941. The first-order chi connectivity index (χ1) is 11.9. The van der Waals surface area contributed by atoms with E-state index in [0.717, 1.165) is 19.3 Å². The van der Waals surface area contributed by atoms with Gasteiger partial charge in [-0.05, 0) is 55.4 Å². The number of halogens is 1. The zero-order valence-corrected chi connectivity index (χ0v) is 14.6. The number of amides is 2. The predicted octanol–water partition coefficient (Wildman–Crippen LogP) is 2.26. The van der Waals surface area contributed by atoms with E-state index in [1.165, 1.54) is 24.3 Å². The van der Waals surface area contributed by atoms with E-state index in [1.54, 1.807) is 0 Å². The predicted molar refractivity (Wildman–Crippen MR) is 91.4 cm³/mol. The Bertz CT molecular complexity index is 634. The average Bonchev–Trinajstić information content (AvgIpc) is 2.59. The highest BCUT2D eigenvalue weighted by molar-refractivity contribution is 5.80. The molecule has 2 fully saturated rings. The molecule has 6 heteroatoms. The van der Waals surface area contributed by atoms with Gasteiger partial charge in [0.1, 0.15) is 11.6 Å². The molecule has 2 aliphatic rings. The van der Waals surface area contributed by atoms with Gasteiger partial charge < -0.3 is 15.4 Å². The van der Waals surface area contributed by atoms with Crippen molar-refractivity contribution in [2.45, 2.75) is 45.2 Å². The van der Waals surface area contributed by atoms with E-state index in [0.29, 0.717) is 17.6 Å². The van der Waals surface area contributed by atoms with Gasteiger partial charge >= 0.3 is 0 Å². The average molecular weight is 348 g/mol. The molecular formula is C19H25FN2O3. The Hall–Kier alpha value is -2.11. The molecule has 5 unspecified atom stereocenters. The first-order valence-corrected chi connectivity index (χ1v) is 8.92. The quantitative estimate of drug-likeness (QED) is 0.877. The molecule has 5 atom stereocenters. The molecule has 2 N–H and O–H groups in total. The van der Waals surface area contributed by atoms with Gasteiger partial charge in [0.25, 0.3) is 5.91 Å². The highest BCUT2D eigenvalue weighted by Crippen LogP contribution is 2.37. The second-order valence-corrected chi connectivity index (χ2v) is 7.25. The van der Waals surface area contributed by atoms with Crippen LogP contribution in [0.5, 0.6) is 5.75 Å². The number of rotatable bonds is 4. The molecule has 0 spiro atoms. The minimum Gasteiger partial charge on any atom is -0.484 e. The molecule has 0 bridgehead atoms. The van der Waals surface area contributed by atoms with E-state index in [9.17, 15) is 14.0 Å². The molecule has 0 aromatic heterocycles. The summed E-state index contributed by atoms with van der Waals surface area (Å²) in [4.78, 5) is 24.1. The fraction of sp³-hybridized carbons (Fsp3) is 0.579. The molecule has 5 nitrogen and oxygen atoms in total. The lowest BCUT2D eigenvalue weighted by atomic mass is 9.68. The molecule has 25 heavy (non-hydrogen) atoms. The molecule has 0 radical (unpaired) electrons. The number of carbonyl (C=O) groups excluding carboxylic acids is 2. The fourth-order valence-corrected chi connectivity index (χ4v) is 3.99. The Morgan fingerprint density at radius 1 is 1.28 bits per heavy atom. The van der Waals surface area contributed by atoms with Crippen LogP contribution in [0.1, 0.15) is 33.1 Å². The van der Waals surface area contributed by atoms with Crippen LogP contribution in [0, 0.1) is 23.6 Å². The molecular weight excluding hydrogens is 323 g/mol. The Morgan fingerprint density at radius 3 is 2.72 bits per heavy atom. The van der Waals surface area contributed by atoms with E-state index in [4.69, 9.17) is 4.74 Å². The summed E-state index contributed by atoms with van der Waals surface area (Å²) in [5.41, 5.74) is 0. The largest absolute Gasteiger partial charge is 0.484 e. The Labute approximate surface area is 147 Å². The van der Waals surface area contributed by atoms with Gasteiger partial charge in [0.2, 0.25) is 5.91 Å². The van der Waals surface area contributed by atoms with Crippen LogP contribution >= 0.6 is 0 Å². The van der Waals surface area contributed by atoms with Gasteiger partial charge in [-0.3, -0.25) is 9.59 Å². The normalized spacial score (nSPS) is 31.6. The Balaban J connectivity index is 1.48. The Morgan fingerprint density at radius 2 is 2.00 bits per heavy atom. The standard InChI is InChI=1S/C19H25FN2O3/c1-11-12(2)19(24)22-17-9-14(5-8-16(11)17)21-18(23)10-25-15-6-3-13(20)4-7-15/h3-4,6-7,11-12,14,16-17H,5,8-10H2,1-2H3,(H,21,23)(H,22,24). The van der Waals surface area contributed by atoms with Crippen LogP contribution in [0.15, 0.2) is 24.3 Å². The SMILES string of the molecule is CC1C(=O)NC2CC(NC(=O)COc3ccc(F)cc3)CCC2C1C. The third-order valence-electron chi connectivity index (χ3n) is 5.66. The second kappa shape index (κ2) is 7.42. The van der Waals surface area contributed by atoms with Crippen molar-refractivity contribution in [2.75, 3.05) is 6.61 Å². The fourth-order valence-electron chi connectivity index (χ4n) is 3.99.